The molecule has 3 rings (SSSR count). The van der Waals surface area contributed by atoms with Gasteiger partial charge < -0.3 is 4.57 Å². The zero-order valence-electron chi connectivity index (χ0n) is 8.96. The van der Waals surface area contributed by atoms with Crippen molar-refractivity contribution in [3.05, 3.63) is 49.1 Å². The van der Waals surface area contributed by atoms with Gasteiger partial charge in [0.15, 0.2) is 0 Å². The number of rotatable bonds is 1. The molecule has 0 saturated heterocycles. The Morgan fingerprint density at radius 2 is 1.88 bits per heavy atom. The molecule has 0 amide bonds. The van der Waals surface area contributed by atoms with E-state index in [2.05, 4.69) is 22.1 Å². The lowest BCUT2D eigenvalue weighted by Gasteiger charge is -2.01. The van der Waals surface area contributed by atoms with E-state index in [0.29, 0.717) is 0 Å². The van der Waals surface area contributed by atoms with Crippen molar-refractivity contribution in [2.24, 2.45) is 7.05 Å². The quantitative estimate of drug-likeness (QED) is 0.616. The van der Waals surface area contributed by atoms with Crippen molar-refractivity contribution in [3.63, 3.8) is 0 Å². The van der Waals surface area contributed by atoms with Gasteiger partial charge in [-0.05, 0) is 29.8 Å². The number of nitrogens with zero attached hydrogens (tertiary/aromatic N) is 3. The van der Waals surface area contributed by atoms with Gasteiger partial charge in [0.1, 0.15) is 5.65 Å². The Morgan fingerprint density at radius 1 is 1.06 bits per heavy atom. The molecule has 0 radical (unpaired) electrons. The fourth-order valence-electron chi connectivity index (χ4n) is 1.86. The summed E-state index contributed by atoms with van der Waals surface area (Å²) in [6, 6.07) is 8.21. The van der Waals surface area contributed by atoms with Gasteiger partial charge in [-0.25, -0.2) is 4.98 Å². The zero-order valence-corrected chi connectivity index (χ0v) is 8.96. The summed E-state index contributed by atoms with van der Waals surface area (Å²) in [5, 5.41) is 1.16. The van der Waals surface area contributed by atoms with Crippen molar-refractivity contribution in [1.82, 2.24) is 14.5 Å². The van der Waals surface area contributed by atoms with Crippen LogP contribution < -0.4 is 0 Å². The van der Waals surface area contributed by atoms with Crippen LogP contribution in [0, 0.1) is 0 Å². The molecule has 3 aromatic rings. The molecule has 16 heavy (non-hydrogen) atoms. The Labute approximate surface area is 93.4 Å². The second-order valence-electron chi connectivity index (χ2n) is 3.80. The van der Waals surface area contributed by atoms with Gasteiger partial charge in [0, 0.05) is 42.8 Å². The van der Waals surface area contributed by atoms with E-state index >= 15 is 0 Å². The van der Waals surface area contributed by atoms with Crippen LogP contribution in [0.5, 0.6) is 0 Å². The highest BCUT2D eigenvalue weighted by Crippen LogP contribution is 2.22. The third kappa shape index (κ3) is 1.37. The molecule has 3 aromatic heterocycles. The minimum absolute atomic E-state index is 1.01. The molecule has 0 unspecified atom stereocenters. The van der Waals surface area contributed by atoms with Gasteiger partial charge in [-0.3, -0.25) is 4.98 Å². The number of fused-ring (bicyclic) bond motifs is 1. The van der Waals surface area contributed by atoms with Crippen LogP contribution >= 0.6 is 0 Å². The molecule has 0 aliphatic carbocycles. The lowest BCUT2D eigenvalue weighted by molar-refractivity contribution is 0.949. The van der Waals surface area contributed by atoms with E-state index in [-0.39, 0.29) is 0 Å². The maximum Gasteiger partial charge on any atom is 0.139 e. The standard InChI is InChI=1S/C13H11N3/c1-16-7-4-11-8-12(9-15-13(11)16)10-2-5-14-6-3-10/h2-9H,1H3. The average Bonchev–Trinajstić information content (AvgIpc) is 2.72. The zero-order chi connectivity index (χ0) is 11.0. The van der Waals surface area contributed by atoms with Crippen molar-refractivity contribution in [2.45, 2.75) is 0 Å². The van der Waals surface area contributed by atoms with Crippen molar-refractivity contribution in [2.75, 3.05) is 0 Å². The fraction of sp³-hybridized carbons (Fsp3) is 0.0769. The van der Waals surface area contributed by atoms with Crippen molar-refractivity contribution >= 4 is 11.0 Å². The number of hydrogen-bond acceptors (Lipinski definition) is 2. The predicted molar refractivity (Wildman–Crippen MR) is 63.9 cm³/mol. The van der Waals surface area contributed by atoms with E-state index in [1.165, 1.54) is 0 Å². The molecule has 0 aliphatic rings. The first-order chi connectivity index (χ1) is 7.84. The van der Waals surface area contributed by atoms with Crippen molar-refractivity contribution < 1.29 is 0 Å². The van der Waals surface area contributed by atoms with E-state index in [0.717, 1.165) is 22.2 Å². The first-order valence-corrected chi connectivity index (χ1v) is 5.16. The van der Waals surface area contributed by atoms with Crippen LogP contribution in [0.1, 0.15) is 0 Å². The largest absolute Gasteiger partial charge is 0.336 e. The Morgan fingerprint density at radius 3 is 2.69 bits per heavy atom. The highest BCUT2D eigenvalue weighted by Gasteiger charge is 2.02. The van der Waals surface area contributed by atoms with Crippen molar-refractivity contribution in [1.29, 1.82) is 0 Å². The van der Waals surface area contributed by atoms with Crippen LogP contribution in [0.3, 0.4) is 0 Å². The van der Waals surface area contributed by atoms with Crippen LogP contribution in [0.25, 0.3) is 22.2 Å². The first-order valence-electron chi connectivity index (χ1n) is 5.16. The molecule has 0 spiro atoms. The average molecular weight is 209 g/mol. The Balaban J connectivity index is 2.19. The summed E-state index contributed by atoms with van der Waals surface area (Å²) < 4.78 is 2.02. The molecule has 0 N–H and O–H groups in total. The lowest BCUT2D eigenvalue weighted by atomic mass is 10.1. The van der Waals surface area contributed by atoms with Gasteiger partial charge in [-0.15, -0.1) is 0 Å². The minimum atomic E-state index is 1.01. The predicted octanol–water partition coefficient (Wildman–Crippen LogP) is 2.64. The third-order valence-electron chi connectivity index (χ3n) is 2.72. The fourth-order valence-corrected chi connectivity index (χ4v) is 1.86. The highest BCUT2D eigenvalue weighted by atomic mass is 15.0. The summed E-state index contributed by atoms with van der Waals surface area (Å²) in [7, 11) is 2.00. The van der Waals surface area contributed by atoms with Gasteiger partial charge in [-0.1, -0.05) is 0 Å². The third-order valence-corrected chi connectivity index (χ3v) is 2.72. The molecule has 0 saturated carbocycles. The molecule has 0 atom stereocenters. The second kappa shape index (κ2) is 3.45. The summed E-state index contributed by atoms with van der Waals surface area (Å²) >= 11 is 0. The maximum absolute atomic E-state index is 4.46. The molecule has 0 fully saturated rings. The SMILES string of the molecule is Cn1ccc2cc(-c3ccncc3)cnc21. The molecule has 78 valence electrons. The maximum atomic E-state index is 4.46. The molecule has 3 nitrogen and oxygen atoms in total. The van der Waals surface area contributed by atoms with Gasteiger partial charge in [0.25, 0.3) is 0 Å². The molecule has 0 aromatic carbocycles. The van der Waals surface area contributed by atoms with E-state index in [1.54, 1.807) is 12.4 Å². The van der Waals surface area contributed by atoms with Crippen LogP contribution in [0.15, 0.2) is 49.1 Å². The van der Waals surface area contributed by atoms with Crippen LogP contribution in [0.2, 0.25) is 0 Å². The minimum Gasteiger partial charge on any atom is -0.336 e. The van der Waals surface area contributed by atoms with E-state index in [4.69, 9.17) is 0 Å². The lowest BCUT2D eigenvalue weighted by Crippen LogP contribution is -1.88. The molecule has 0 aliphatic heterocycles. The smallest absolute Gasteiger partial charge is 0.139 e. The van der Waals surface area contributed by atoms with Gasteiger partial charge in [-0.2, -0.15) is 0 Å². The van der Waals surface area contributed by atoms with Gasteiger partial charge >= 0.3 is 0 Å². The van der Waals surface area contributed by atoms with E-state index in [9.17, 15) is 0 Å². The monoisotopic (exact) mass is 209 g/mol. The summed E-state index contributed by atoms with van der Waals surface area (Å²) in [4.78, 5) is 8.47. The van der Waals surface area contributed by atoms with Gasteiger partial charge in [0.2, 0.25) is 0 Å². The van der Waals surface area contributed by atoms with Crippen LogP contribution in [-0.4, -0.2) is 14.5 Å². The first kappa shape index (κ1) is 9.09. The van der Waals surface area contributed by atoms with E-state index in [1.807, 2.05) is 36.1 Å². The molecule has 3 heteroatoms. The molecule has 3 heterocycles. The summed E-state index contributed by atoms with van der Waals surface area (Å²) in [6.07, 6.45) is 7.51. The Bertz CT molecular complexity index is 626. The number of hydrogen-bond donors (Lipinski definition) is 0. The van der Waals surface area contributed by atoms with Crippen molar-refractivity contribution in [3.8, 4) is 11.1 Å². The van der Waals surface area contributed by atoms with Crippen LogP contribution in [0.4, 0.5) is 0 Å². The highest BCUT2D eigenvalue weighted by molar-refractivity contribution is 5.81. The Kier molecular flexibility index (Phi) is 1.96. The second-order valence-corrected chi connectivity index (χ2v) is 3.80. The van der Waals surface area contributed by atoms with Gasteiger partial charge in [0.05, 0.1) is 0 Å². The summed E-state index contributed by atoms with van der Waals surface area (Å²) in [6.45, 7) is 0. The summed E-state index contributed by atoms with van der Waals surface area (Å²) in [5.41, 5.74) is 3.28. The number of aryl methyl sites for hydroxylation is 1. The van der Waals surface area contributed by atoms with Crippen LogP contribution in [-0.2, 0) is 7.05 Å². The number of pyridine rings is 2. The summed E-state index contributed by atoms with van der Waals surface area (Å²) in [5.74, 6) is 0. The molecular weight excluding hydrogens is 198 g/mol. The molecule has 0 bridgehead atoms. The topological polar surface area (TPSA) is 30.7 Å². The molecular formula is C13H11N3. The normalized spacial score (nSPS) is 10.8. The van der Waals surface area contributed by atoms with E-state index < -0.39 is 0 Å². The Hall–Kier alpha value is -2.16. The number of aromatic nitrogens is 3.